The zero-order chi connectivity index (χ0) is 11.5. The standard InChI is InChI=1S/C12H16O3/c1-12(2,14)8-10(13)9-6-4-5-7-11(9)15-3/h4-7,14H,8H2,1-3H3. The summed E-state index contributed by atoms with van der Waals surface area (Å²) < 4.78 is 5.08. The minimum atomic E-state index is -0.988. The number of ether oxygens (including phenoxy) is 1. The van der Waals surface area contributed by atoms with E-state index in [0.717, 1.165) is 0 Å². The van der Waals surface area contributed by atoms with E-state index in [0.29, 0.717) is 11.3 Å². The summed E-state index contributed by atoms with van der Waals surface area (Å²) >= 11 is 0. The number of carbonyl (C=O) groups excluding carboxylic acids is 1. The van der Waals surface area contributed by atoms with Crippen molar-refractivity contribution in [3.63, 3.8) is 0 Å². The van der Waals surface area contributed by atoms with Crippen molar-refractivity contribution in [2.75, 3.05) is 7.11 Å². The topological polar surface area (TPSA) is 46.5 Å². The summed E-state index contributed by atoms with van der Waals surface area (Å²) in [6.07, 6.45) is 0.0906. The fraction of sp³-hybridized carbons (Fsp3) is 0.417. The van der Waals surface area contributed by atoms with Gasteiger partial charge in [-0.15, -0.1) is 0 Å². The van der Waals surface area contributed by atoms with Crippen LogP contribution in [0.4, 0.5) is 0 Å². The smallest absolute Gasteiger partial charge is 0.169 e. The Morgan fingerprint density at radius 2 is 2.00 bits per heavy atom. The summed E-state index contributed by atoms with van der Waals surface area (Å²) in [5, 5.41) is 9.55. The molecule has 0 fully saturated rings. The van der Waals surface area contributed by atoms with E-state index in [4.69, 9.17) is 4.74 Å². The van der Waals surface area contributed by atoms with E-state index in [1.807, 2.05) is 0 Å². The van der Waals surface area contributed by atoms with Crippen LogP contribution in [0.5, 0.6) is 5.75 Å². The molecule has 15 heavy (non-hydrogen) atoms. The Labute approximate surface area is 89.7 Å². The zero-order valence-corrected chi connectivity index (χ0v) is 9.28. The number of hydrogen-bond acceptors (Lipinski definition) is 3. The van der Waals surface area contributed by atoms with Crippen LogP contribution in [0.1, 0.15) is 30.6 Å². The summed E-state index contributed by atoms with van der Waals surface area (Å²) in [4.78, 5) is 11.8. The first-order valence-electron chi connectivity index (χ1n) is 4.82. The highest BCUT2D eigenvalue weighted by molar-refractivity contribution is 5.99. The van der Waals surface area contributed by atoms with Crippen LogP contribution < -0.4 is 4.74 Å². The van der Waals surface area contributed by atoms with Gasteiger partial charge in [-0.2, -0.15) is 0 Å². The maximum atomic E-state index is 11.8. The van der Waals surface area contributed by atoms with Crippen LogP contribution in [-0.4, -0.2) is 23.6 Å². The zero-order valence-electron chi connectivity index (χ0n) is 9.28. The molecule has 0 unspecified atom stereocenters. The number of aliphatic hydroxyl groups is 1. The molecule has 1 rings (SSSR count). The maximum Gasteiger partial charge on any atom is 0.169 e. The van der Waals surface area contributed by atoms with Gasteiger partial charge in [-0.3, -0.25) is 4.79 Å². The first kappa shape index (κ1) is 11.7. The lowest BCUT2D eigenvalue weighted by molar-refractivity contribution is 0.0586. The van der Waals surface area contributed by atoms with Crippen molar-refractivity contribution in [1.29, 1.82) is 0 Å². The van der Waals surface area contributed by atoms with E-state index in [1.54, 1.807) is 38.1 Å². The Morgan fingerprint density at radius 3 is 2.53 bits per heavy atom. The number of Topliss-reactive ketones (excluding diaryl/α,β-unsaturated/α-hetero) is 1. The van der Waals surface area contributed by atoms with Gasteiger partial charge in [-0.25, -0.2) is 0 Å². The lowest BCUT2D eigenvalue weighted by Crippen LogP contribution is -2.23. The molecule has 0 aromatic heterocycles. The molecule has 3 heteroatoms. The van der Waals surface area contributed by atoms with Crippen molar-refractivity contribution in [1.82, 2.24) is 0 Å². The average Bonchev–Trinajstić information content (AvgIpc) is 2.15. The van der Waals surface area contributed by atoms with Crippen molar-refractivity contribution < 1.29 is 14.6 Å². The van der Waals surface area contributed by atoms with Crippen LogP contribution in [0.15, 0.2) is 24.3 Å². The highest BCUT2D eigenvalue weighted by Gasteiger charge is 2.21. The molecule has 0 atom stereocenters. The van der Waals surface area contributed by atoms with E-state index in [9.17, 15) is 9.90 Å². The molecule has 1 aromatic carbocycles. The van der Waals surface area contributed by atoms with Gasteiger partial charge in [0, 0.05) is 6.42 Å². The Kier molecular flexibility index (Phi) is 3.48. The fourth-order valence-corrected chi connectivity index (χ4v) is 1.36. The monoisotopic (exact) mass is 208 g/mol. The van der Waals surface area contributed by atoms with E-state index in [2.05, 4.69) is 0 Å². The third kappa shape index (κ3) is 3.36. The Balaban J connectivity index is 2.91. The van der Waals surface area contributed by atoms with Crippen LogP contribution in [0.2, 0.25) is 0 Å². The van der Waals surface area contributed by atoms with Crippen molar-refractivity contribution >= 4 is 5.78 Å². The summed E-state index contributed by atoms with van der Waals surface area (Å²) in [7, 11) is 1.52. The van der Waals surface area contributed by atoms with Crippen LogP contribution in [0.3, 0.4) is 0 Å². The van der Waals surface area contributed by atoms with Gasteiger partial charge >= 0.3 is 0 Å². The van der Waals surface area contributed by atoms with Gasteiger partial charge in [0.2, 0.25) is 0 Å². The molecule has 0 saturated carbocycles. The Bertz CT molecular complexity index is 350. The first-order valence-corrected chi connectivity index (χ1v) is 4.82. The van der Waals surface area contributed by atoms with E-state index in [-0.39, 0.29) is 12.2 Å². The molecular formula is C12H16O3. The van der Waals surface area contributed by atoms with Crippen molar-refractivity contribution in [3.05, 3.63) is 29.8 Å². The van der Waals surface area contributed by atoms with Gasteiger partial charge in [0.25, 0.3) is 0 Å². The number of rotatable bonds is 4. The van der Waals surface area contributed by atoms with Gasteiger partial charge in [0.05, 0.1) is 18.3 Å². The molecule has 1 N–H and O–H groups in total. The second-order valence-corrected chi connectivity index (χ2v) is 4.11. The molecule has 0 amide bonds. The Morgan fingerprint density at radius 1 is 1.40 bits per heavy atom. The van der Waals surface area contributed by atoms with Crippen LogP contribution in [0.25, 0.3) is 0 Å². The number of ketones is 1. The molecule has 82 valence electrons. The molecule has 0 spiro atoms. The lowest BCUT2D eigenvalue weighted by Gasteiger charge is -2.16. The van der Waals surface area contributed by atoms with Gasteiger partial charge in [0.1, 0.15) is 5.75 Å². The number of carbonyl (C=O) groups is 1. The van der Waals surface area contributed by atoms with Gasteiger partial charge < -0.3 is 9.84 Å². The van der Waals surface area contributed by atoms with Crippen LogP contribution in [0, 0.1) is 0 Å². The molecular weight excluding hydrogens is 192 g/mol. The fourth-order valence-electron chi connectivity index (χ4n) is 1.36. The summed E-state index contributed by atoms with van der Waals surface area (Å²) in [5.74, 6) is 0.437. The predicted molar refractivity (Wildman–Crippen MR) is 58.2 cm³/mol. The molecule has 0 radical (unpaired) electrons. The average molecular weight is 208 g/mol. The normalized spacial score (nSPS) is 11.2. The van der Waals surface area contributed by atoms with E-state index < -0.39 is 5.60 Å². The maximum absolute atomic E-state index is 11.8. The lowest BCUT2D eigenvalue weighted by atomic mass is 9.97. The highest BCUT2D eigenvalue weighted by Crippen LogP contribution is 2.21. The minimum Gasteiger partial charge on any atom is -0.496 e. The predicted octanol–water partition coefficient (Wildman–Crippen LogP) is 2.04. The summed E-state index contributed by atoms with van der Waals surface area (Å²) in [6, 6.07) is 7.02. The number of benzene rings is 1. The molecule has 0 saturated heterocycles. The molecule has 3 nitrogen and oxygen atoms in total. The first-order chi connectivity index (χ1) is 6.94. The summed E-state index contributed by atoms with van der Waals surface area (Å²) in [5.41, 5.74) is -0.472. The quantitative estimate of drug-likeness (QED) is 0.770. The van der Waals surface area contributed by atoms with Crippen molar-refractivity contribution in [2.24, 2.45) is 0 Å². The van der Waals surface area contributed by atoms with Gasteiger partial charge in [-0.05, 0) is 26.0 Å². The molecule has 0 heterocycles. The summed E-state index contributed by atoms with van der Waals surface area (Å²) in [6.45, 7) is 3.22. The second kappa shape index (κ2) is 4.45. The highest BCUT2D eigenvalue weighted by atomic mass is 16.5. The van der Waals surface area contributed by atoms with Crippen LogP contribution in [-0.2, 0) is 0 Å². The molecule has 0 aliphatic rings. The van der Waals surface area contributed by atoms with Gasteiger partial charge in [0.15, 0.2) is 5.78 Å². The number of hydrogen-bond donors (Lipinski definition) is 1. The second-order valence-electron chi connectivity index (χ2n) is 4.11. The van der Waals surface area contributed by atoms with Gasteiger partial charge in [-0.1, -0.05) is 12.1 Å². The SMILES string of the molecule is COc1ccccc1C(=O)CC(C)(C)O. The third-order valence-electron chi connectivity index (χ3n) is 2.00. The Hall–Kier alpha value is -1.35. The minimum absolute atomic E-state index is 0.0906. The third-order valence-corrected chi connectivity index (χ3v) is 2.00. The molecule has 1 aromatic rings. The molecule has 0 aliphatic carbocycles. The van der Waals surface area contributed by atoms with E-state index >= 15 is 0 Å². The molecule has 0 bridgehead atoms. The molecule has 0 aliphatic heterocycles. The van der Waals surface area contributed by atoms with E-state index in [1.165, 1.54) is 7.11 Å². The van der Waals surface area contributed by atoms with Crippen molar-refractivity contribution in [2.45, 2.75) is 25.9 Å². The number of para-hydroxylation sites is 1. The largest absolute Gasteiger partial charge is 0.496 e. The van der Waals surface area contributed by atoms with Crippen molar-refractivity contribution in [3.8, 4) is 5.75 Å². The number of methoxy groups -OCH3 is 1. The van der Waals surface area contributed by atoms with Crippen LogP contribution >= 0.6 is 0 Å².